The zero-order valence-corrected chi connectivity index (χ0v) is 18.1. The molecule has 0 spiro atoms. The summed E-state index contributed by atoms with van der Waals surface area (Å²) in [5, 5.41) is 0. The van der Waals surface area contributed by atoms with Gasteiger partial charge >= 0.3 is 0 Å². The first kappa shape index (κ1) is 20.6. The van der Waals surface area contributed by atoms with Crippen molar-refractivity contribution in [2.75, 3.05) is 7.11 Å². The molecular formula is C25H27NO3S. The van der Waals surface area contributed by atoms with E-state index in [0.29, 0.717) is 18.8 Å². The highest BCUT2D eigenvalue weighted by atomic mass is 32.2. The Morgan fingerprint density at radius 3 is 1.80 bits per heavy atom. The molecule has 3 aromatic carbocycles. The Bertz CT molecular complexity index is 1050. The molecule has 5 heteroatoms. The second kappa shape index (κ2) is 9.02. The van der Waals surface area contributed by atoms with Gasteiger partial charge in [-0.15, -0.1) is 0 Å². The number of hydrogen-bond donors (Lipinski definition) is 0. The highest BCUT2D eigenvalue weighted by Crippen LogP contribution is 2.34. The van der Waals surface area contributed by atoms with E-state index in [1.54, 1.807) is 11.4 Å². The predicted molar refractivity (Wildman–Crippen MR) is 119 cm³/mol. The molecule has 0 atom stereocenters. The summed E-state index contributed by atoms with van der Waals surface area (Å²) in [5.41, 5.74) is 4.23. The van der Waals surface area contributed by atoms with Gasteiger partial charge in [-0.05, 0) is 60.1 Å². The smallest absolute Gasteiger partial charge is 0.247 e. The van der Waals surface area contributed by atoms with Crippen LogP contribution in [0.1, 0.15) is 35.1 Å². The molecular weight excluding hydrogens is 394 g/mol. The van der Waals surface area contributed by atoms with Crippen molar-refractivity contribution in [1.29, 1.82) is 0 Å². The number of rotatable bonds is 7. The van der Waals surface area contributed by atoms with Gasteiger partial charge in [-0.3, -0.25) is 0 Å². The first-order chi connectivity index (χ1) is 14.6. The average molecular weight is 422 g/mol. The van der Waals surface area contributed by atoms with Crippen molar-refractivity contribution in [3.63, 3.8) is 0 Å². The summed E-state index contributed by atoms with van der Waals surface area (Å²) in [6.07, 6.45) is 4.12. The van der Waals surface area contributed by atoms with Crippen LogP contribution in [-0.4, -0.2) is 19.8 Å². The Kier molecular flexibility index (Phi) is 6.21. The second-order valence-electron chi connectivity index (χ2n) is 7.72. The fraction of sp³-hybridized carbons (Fsp3) is 0.280. The molecule has 0 unspecified atom stereocenters. The van der Waals surface area contributed by atoms with Crippen LogP contribution in [0.4, 0.5) is 0 Å². The van der Waals surface area contributed by atoms with Crippen LogP contribution >= 0.6 is 0 Å². The standard InChI is InChI=1S/C25H27NO3S/c1-29-24-16-22-14-8-9-15-23(22)17-25(24)30(27,28)26(18-20-10-4-2-5-11-20)19-21-12-6-3-7-13-21/h2-7,10-13,16-17H,8-9,14-15,18-19H2,1H3. The molecule has 4 nitrogen and oxygen atoms in total. The van der Waals surface area contributed by atoms with E-state index in [9.17, 15) is 8.42 Å². The molecule has 0 fully saturated rings. The summed E-state index contributed by atoms with van der Waals surface area (Å²) in [7, 11) is -2.22. The van der Waals surface area contributed by atoms with E-state index in [0.717, 1.165) is 42.4 Å². The van der Waals surface area contributed by atoms with Crippen molar-refractivity contribution in [3.05, 3.63) is 95.1 Å². The Morgan fingerprint density at radius 1 is 0.800 bits per heavy atom. The van der Waals surface area contributed by atoms with Crippen LogP contribution in [0.5, 0.6) is 5.75 Å². The van der Waals surface area contributed by atoms with Crippen molar-refractivity contribution in [1.82, 2.24) is 4.31 Å². The van der Waals surface area contributed by atoms with E-state index in [4.69, 9.17) is 4.74 Å². The molecule has 0 saturated heterocycles. The van der Waals surface area contributed by atoms with Crippen LogP contribution in [0, 0.1) is 0 Å². The van der Waals surface area contributed by atoms with E-state index in [-0.39, 0.29) is 4.90 Å². The van der Waals surface area contributed by atoms with Crippen molar-refractivity contribution in [3.8, 4) is 5.75 Å². The van der Waals surface area contributed by atoms with Gasteiger partial charge in [0.05, 0.1) is 7.11 Å². The Morgan fingerprint density at radius 2 is 1.30 bits per heavy atom. The molecule has 0 bridgehead atoms. The topological polar surface area (TPSA) is 46.6 Å². The number of hydrogen-bond acceptors (Lipinski definition) is 3. The lowest BCUT2D eigenvalue weighted by molar-refractivity contribution is 0.382. The molecule has 0 N–H and O–H groups in total. The summed E-state index contributed by atoms with van der Waals surface area (Å²) in [6, 6.07) is 23.2. The molecule has 3 aromatic rings. The Balaban J connectivity index is 1.76. The highest BCUT2D eigenvalue weighted by molar-refractivity contribution is 7.89. The Labute approximate surface area is 179 Å². The lowest BCUT2D eigenvalue weighted by Crippen LogP contribution is -2.31. The van der Waals surface area contributed by atoms with E-state index < -0.39 is 10.0 Å². The third-order valence-corrected chi connectivity index (χ3v) is 7.46. The molecule has 4 rings (SSSR count). The minimum absolute atomic E-state index is 0.262. The number of sulfonamides is 1. The van der Waals surface area contributed by atoms with Crippen LogP contribution in [-0.2, 0) is 36.0 Å². The maximum atomic E-state index is 13.9. The van der Waals surface area contributed by atoms with Gasteiger partial charge in [0.25, 0.3) is 0 Å². The van der Waals surface area contributed by atoms with Gasteiger partial charge in [0.15, 0.2) is 0 Å². The van der Waals surface area contributed by atoms with Crippen LogP contribution in [0.2, 0.25) is 0 Å². The molecule has 0 amide bonds. The fourth-order valence-corrected chi connectivity index (χ4v) is 5.64. The molecule has 1 aliphatic rings. The average Bonchev–Trinajstić information content (AvgIpc) is 2.79. The van der Waals surface area contributed by atoms with Gasteiger partial charge in [-0.1, -0.05) is 60.7 Å². The van der Waals surface area contributed by atoms with E-state index in [1.807, 2.05) is 72.8 Å². The van der Waals surface area contributed by atoms with Crippen LogP contribution in [0.25, 0.3) is 0 Å². The summed E-state index contributed by atoms with van der Waals surface area (Å²) in [6.45, 7) is 0.608. The highest BCUT2D eigenvalue weighted by Gasteiger charge is 2.30. The number of methoxy groups -OCH3 is 1. The quantitative estimate of drug-likeness (QED) is 0.541. The third kappa shape index (κ3) is 4.42. The number of nitrogens with zero attached hydrogens (tertiary/aromatic N) is 1. The summed E-state index contributed by atoms with van der Waals surface area (Å²) in [5.74, 6) is 0.432. The number of fused-ring (bicyclic) bond motifs is 1. The van der Waals surface area contributed by atoms with Gasteiger partial charge in [0.2, 0.25) is 10.0 Å². The largest absolute Gasteiger partial charge is 0.495 e. The number of benzene rings is 3. The van der Waals surface area contributed by atoms with Crippen LogP contribution in [0.3, 0.4) is 0 Å². The van der Waals surface area contributed by atoms with Gasteiger partial charge in [-0.2, -0.15) is 4.31 Å². The summed E-state index contributed by atoms with van der Waals surface area (Å²) in [4.78, 5) is 0.262. The molecule has 156 valence electrons. The molecule has 0 aromatic heterocycles. The van der Waals surface area contributed by atoms with Gasteiger partial charge in [0, 0.05) is 13.1 Å². The Hall–Kier alpha value is -2.63. The minimum atomic E-state index is -3.77. The first-order valence-corrected chi connectivity index (χ1v) is 11.8. The lowest BCUT2D eigenvalue weighted by Gasteiger charge is -2.25. The van der Waals surface area contributed by atoms with Crippen LogP contribution < -0.4 is 4.74 Å². The van der Waals surface area contributed by atoms with E-state index in [1.165, 1.54) is 5.56 Å². The molecule has 0 heterocycles. The molecule has 0 saturated carbocycles. The van der Waals surface area contributed by atoms with Gasteiger partial charge in [0.1, 0.15) is 10.6 Å². The predicted octanol–water partition coefficient (Wildman–Crippen LogP) is 4.97. The number of ether oxygens (including phenoxy) is 1. The van der Waals surface area contributed by atoms with E-state index >= 15 is 0 Å². The molecule has 0 aliphatic heterocycles. The van der Waals surface area contributed by atoms with Gasteiger partial charge in [-0.25, -0.2) is 8.42 Å². The fourth-order valence-electron chi connectivity index (χ4n) is 4.04. The van der Waals surface area contributed by atoms with E-state index in [2.05, 4.69) is 0 Å². The lowest BCUT2D eigenvalue weighted by atomic mass is 9.92. The zero-order chi connectivity index (χ0) is 21.0. The molecule has 30 heavy (non-hydrogen) atoms. The normalized spacial score (nSPS) is 13.8. The minimum Gasteiger partial charge on any atom is -0.495 e. The van der Waals surface area contributed by atoms with Crippen molar-refractivity contribution in [2.24, 2.45) is 0 Å². The van der Waals surface area contributed by atoms with Crippen molar-refractivity contribution >= 4 is 10.0 Å². The second-order valence-corrected chi connectivity index (χ2v) is 9.63. The first-order valence-electron chi connectivity index (χ1n) is 10.4. The van der Waals surface area contributed by atoms with Crippen molar-refractivity contribution in [2.45, 2.75) is 43.7 Å². The van der Waals surface area contributed by atoms with Crippen molar-refractivity contribution < 1.29 is 13.2 Å². The molecule has 1 aliphatic carbocycles. The number of aryl methyl sites for hydroxylation is 2. The maximum absolute atomic E-state index is 13.9. The maximum Gasteiger partial charge on any atom is 0.247 e. The monoisotopic (exact) mass is 421 g/mol. The third-order valence-electron chi connectivity index (χ3n) is 5.65. The molecule has 0 radical (unpaired) electrons. The zero-order valence-electron chi connectivity index (χ0n) is 17.3. The summed E-state index contributed by atoms with van der Waals surface area (Å²) >= 11 is 0. The summed E-state index contributed by atoms with van der Waals surface area (Å²) < 4.78 is 34.8. The SMILES string of the molecule is COc1cc2c(cc1S(=O)(=O)N(Cc1ccccc1)Cc1ccccc1)CCCC2. The van der Waals surface area contributed by atoms with Crippen LogP contribution in [0.15, 0.2) is 77.7 Å². The van der Waals surface area contributed by atoms with Gasteiger partial charge < -0.3 is 4.74 Å².